The molecule has 3 N–H and O–H groups in total. The molecule has 1 saturated carbocycles. The number of rotatable bonds is 3. The molecule has 6 heteroatoms. The van der Waals surface area contributed by atoms with E-state index < -0.39 is 10.0 Å². The zero-order chi connectivity index (χ0) is 15.8. The van der Waals surface area contributed by atoms with Gasteiger partial charge >= 0.3 is 0 Å². The van der Waals surface area contributed by atoms with Crippen LogP contribution in [0.4, 0.5) is 0 Å². The lowest BCUT2D eigenvalue weighted by Crippen LogP contribution is -2.34. The quantitative estimate of drug-likeness (QED) is 0.894. The lowest BCUT2D eigenvalue weighted by Gasteiger charge is -2.18. The molecule has 0 atom stereocenters. The maximum absolute atomic E-state index is 12.5. The van der Waals surface area contributed by atoms with Gasteiger partial charge in [0.1, 0.15) is 0 Å². The van der Waals surface area contributed by atoms with Crippen LogP contribution >= 0.6 is 0 Å². The minimum absolute atomic E-state index is 0.0599. The molecule has 5 nitrogen and oxygen atoms in total. The van der Waals surface area contributed by atoms with Crippen molar-refractivity contribution in [3.05, 3.63) is 28.3 Å². The van der Waals surface area contributed by atoms with Gasteiger partial charge in [-0.15, -0.1) is 0 Å². The molecule has 0 radical (unpaired) electrons. The Morgan fingerprint density at radius 1 is 1.19 bits per heavy atom. The van der Waals surface area contributed by atoms with E-state index >= 15 is 0 Å². The Balaban J connectivity index is 2.45. The third kappa shape index (κ3) is 3.27. The number of nitrogens with one attached hydrogen (secondary N) is 1. The highest BCUT2D eigenvalue weighted by Gasteiger charge is 2.25. The summed E-state index contributed by atoms with van der Waals surface area (Å²) in [6.45, 7) is 5.15. The first-order valence-electron chi connectivity index (χ1n) is 7.16. The second kappa shape index (κ2) is 5.77. The topological polar surface area (TPSA) is 89.3 Å². The van der Waals surface area contributed by atoms with Gasteiger partial charge in [0.05, 0.1) is 4.90 Å². The van der Waals surface area contributed by atoms with E-state index in [0.717, 1.165) is 31.2 Å². The van der Waals surface area contributed by atoms with Crippen LogP contribution in [-0.2, 0) is 10.0 Å². The fraction of sp³-hybridized carbons (Fsp3) is 0.533. The largest absolute Gasteiger partial charge is 0.349 e. The van der Waals surface area contributed by atoms with E-state index in [4.69, 9.17) is 5.14 Å². The van der Waals surface area contributed by atoms with Gasteiger partial charge in [-0.2, -0.15) is 0 Å². The first-order chi connectivity index (χ1) is 9.71. The summed E-state index contributed by atoms with van der Waals surface area (Å²) < 4.78 is 23.5. The molecular formula is C15H22N2O3S. The van der Waals surface area contributed by atoms with Crippen LogP contribution in [-0.4, -0.2) is 20.4 Å². The van der Waals surface area contributed by atoms with Crippen LogP contribution in [0.1, 0.15) is 52.7 Å². The number of aryl methyl sites for hydroxylation is 2. The lowest BCUT2D eigenvalue weighted by molar-refractivity contribution is 0.0936. The minimum Gasteiger partial charge on any atom is -0.349 e. The molecule has 0 aliphatic heterocycles. The number of hydrogen-bond acceptors (Lipinski definition) is 3. The second-order valence-electron chi connectivity index (χ2n) is 5.84. The van der Waals surface area contributed by atoms with Gasteiger partial charge in [-0.1, -0.05) is 18.9 Å². The Morgan fingerprint density at radius 3 is 2.29 bits per heavy atom. The molecule has 1 fully saturated rings. The summed E-state index contributed by atoms with van der Waals surface area (Å²) in [4.78, 5) is 12.5. The summed E-state index contributed by atoms with van der Waals surface area (Å²) >= 11 is 0. The molecular weight excluding hydrogens is 288 g/mol. The molecule has 0 unspecified atom stereocenters. The molecule has 0 bridgehead atoms. The van der Waals surface area contributed by atoms with Crippen molar-refractivity contribution in [2.45, 2.75) is 57.4 Å². The van der Waals surface area contributed by atoms with Gasteiger partial charge in [-0.05, 0) is 50.3 Å². The fourth-order valence-corrected chi connectivity index (χ4v) is 4.32. The fourth-order valence-electron chi connectivity index (χ4n) is 3.28. The number of carbonyl (C=O) groups excluding carboxylic acids is 1. The van der Waals surface area contributed by atoms with Crippen LogP contribution in [0, 0.1) is 20.8 Å². The van der Waals surface area contributed by atoms with Crippen molar-refractivity contribution in [1.82, 2.24) is 5.32 Å². The number of sulfonamides is 1. The summed E-state index contributed by atoms with van der Waals surface area (Å²) in [6, 6.07) is 1.89. The Labute approximate surface area is 126 Å². The van der Waals surface area contributed by atoms with Crippen LogP contribution in [0.2, 0.25) is 0 Å². The third-order valence-electron chi connectivity index (χ3n) is 4.10. The van der Waals surface area contributed by atoms with Crippen LogP contribution in [0.25, 0.3) is 0 Å². The summed E-state index contributed by atoms with van der Waals surface area (Å²) in [5.74, 6) is -0.207. The molecule has 0 saturated heterocycles. The standard InChI is InChI=1S/C15H22N2O3S/c1-9-8-10(2)14(21(16,19)20)11(3)13(9)15(18)17-12-6-4-5-7-12/h8,12H,4-7H2,1-3H3,(H,17,18)(H2,16,19,20). The summed E-state index contributed by atoms with van der Waals surface area (Å²) in [5, 5.41) is 8.28. The number of carbonyl (C=O) groups is 1. The zero-order valence-electron chi connectivity index (χ0n) is 12.7. The van der Waals surface area contributed by atoms with E-state index in [0.29, 0.717) is 16.7 Å². The minimum atomic E-state index is -3.84. The third-order valence-corrected chi connectivity index (χ3v) is 5.30. The Bertz CT molecular complexity index is 675. The number of primary sulfonamides is 1. The van der Waals surface area contributed by atoms with Gasteiger partial charge in [0, 0.05) is 11.6 Å². The van der Waals surface area contributed by atoms with Gasteiger partial charge in [-0.3, -0.25) is 4.79 Å². The molecule has 21 heavy (non-hydrogen) atoms. The SMILES string of the molecule is Cc1cc(C)c(S(N)(=O)=O)c(C)c1C(=O)NC1CCCC1. The highest BCUT2D eigenvalue weighted by Crippen LogP contribution is 2.26. The normalized spacial score (nSPS) is 16.2. The van der Waals surface area contributed by atoms with Crippen molar-refractivity contribution in [3.8, 4) is 0 Å². The van der Waals surface area contributed by atoms with E-state index in [-0.39, 0.29) is 16.8 Å². The molecule has 1 aromatic carbocycles. The number of amides is 1. The average molecular weight is 310 g/mol. The molecule has 2 rings (SSSR count). The maximum atomic E-state index is 12.5. The first-order valence-corrected chi connectivity index (χ1v) is 8.71. The van der Waals surface area contributed by atoms with Crippen molar-refractivity contribution in [1.29, 1.82) is 0 Å². The lowest BCUT2D eigenvalue weighted by atomic mass is 9.98. The molecule has 1 amide bonds. The van der Waals surface area contributed by atoms with Crippen molar-refractivity contribution in [2.24, 2.45) is 5.14 Å². The number of benzene rings is 1. The van der Waals surface area contributed by atoms with E-state index in [1.165, 1.54) is 0 Å². The predicted octanol–water partition coefficient (Wildman–Crippen LogP) is 1.93. The van der Waals surface area contributed by atoms with E-state index in [2.05, 4.69) is 5.32 Å². The van der Waals surface area contributed by atoms with Crippen LogP contribution in [0.5, 0.6) is 0 Å². The Hall–Kier alpha value is -1.40. The molecule has 1 aliphatic rings. The monoisotopic (exact) mass is 310 g/mol. The van der Waals surface area contributed by atoms with Crippen LogP contribution in [0.15, 0.2) is 11.0 Å². The molecule has 1 aromatic rings. The van der Waals surface area contributed by atoms with Crippen LogP contribution in [0.3, 0.4) is 0 Å². The first kappa shape index (κ1) is 16.0. The van der Waals surface area contributed by atoms with E-state index in [1.54, 1.807) is 19.9 Å². The highest BCUT2D eigenvalue weighted by atomic mass is 32.2. The van der Waals surface area contributed by atoms with Gasteiger partial charge in [0.25, 0.3) is 5.91 Å². The summed E-state index contributed by atoms with van der Waals surface area (Å²) in [7, 11) is -3.84. The molecule has 0 aromatic heterocycles. The van der Waals surface area contributed by atoms with Gasteiger partial charge in [-0.25, -0.2) is 13.6 Å². The second-order valence-corrected chi connectivity index (χ2v) is 7.34. The number of hydrogen-bond donors (Lipinski definition) is 2. The molecule has 0 spiro atoms. The van der Waals surface area contributed by atoms with Crippen molar-refractivity contribution in [2.75, 3.05) is 0 Å². The predicted molar refractivity (Wildman–Crippen MR) is 81.7 cm³/mol. The summed E-state index contributed by atoms with van der Waals surface area (Å²) in [5.41, 5.74) is 2.21. The van der Waals surface area contributed by atoms with Crippen molar-refractivity contribution in [3.63, 3.8) is 0 Å². The molecule has 0 heterocycles. The zero-order valence-corrected chi connectivity index (χ0v) is 13.5. The van der Waals surface area contributed by atoms with Crippen LogP contribution < -0.4 is 10.5 Å². The Kier molecular flexibility index (Phi) is 4.39. The number of nitrogens with two attached hydrogens (primary N) is 1. The Morgan fingerprint density at radius 2 is 1.76 bits per heavy atom. The van der Waals surface area contributed by atoms with E-state index in [9.17, 15) is 13.2 Å². The maximum Gasteiger partial charge on any atom is 0.252 e. The van der Waals surface area contributed by atoms with Crippen molar-refractivity contribution < 1.29 is 13.2 Å². The average Bonchev–Trinajstić information content (AvgIpc) is 2.78. The smallest absolute Gasteiger partial charge is 0.252 e. The molecule has 1 aliphatic carbocycles. The van der Waals surface area contributed by atoms with Gasteiger partial charge < -0.3 is 5.32 Å². The van der Waals surface area contributed by atoms with Crippen molar-refractivity contribution >= 4 is 15.9 Å². The van der Waals surface area contributed by atoms with E-state index in [1.807, 2.05) is 6.92 Å². The van der Waals surface area contributed by atoms with Gasteiger partial charge in [0.2, 0.25) is 10.0 Å². The highest BCUT2D eigenvalue weighted by molar-refractivity contribution is 7.89. The van der Waals surface area contributed by atoms with Gasteiger partial charge in [0.15, 0.2) is 0 Å². The summed E-state index contributed by atoms with van der Waals surface area (Å²) in [6.07, 6.45) is 4.22. The molecule has 116 valence electrons.